The van der Waals surface area contributed by atoms with Crippen molar-refractivity contribution in [3.63, 3.8) is 0 Å². The molecular weight excluding hydrogens is 260 g/mol. The van der Waals surface area contributed by atoms with E-state index in [2.05, 4.69) is 17.1 Å². The van der Waals surface area contributed by atoms with Crippen molar-refractivity contribution in [3.05, 3.63) is 23.2 Å². The van der Waals surface area contributed by atoms with Gasteiger partial charge in [0.25, 0.3) is 0 Å². The number of hydrogen-bond acceptors (Lipinski definition) is 3. The average Bonchev–Trinajstić information content (AvgIpc) is 2.43. The van der Waals surface area contributed by atoms with Gasteiger partial charge in [0.2, 0.25) is 0 Å². The van der Waals surface area contributed by atoms with Crippen LogP contribution < -0.4 is 10.1 Å². The van der Waals surface area contributed by atoms with E-state index in [1.54, 1.807) is 0 Å². The SMILES string of the molecule is CCOc1ccc(NC2CCN(CC)CC2)cc1Cl. The van der Waals surface area contributed by atoms with Gasteiger partial charge in [0, 0.05) is 24.8 Å². The number of anilines is 1. The van der Waals surface area contributed by atoms with Crippen LogP contribution in [-0.4, -0.2) is 37.2 Å². The highest BCUT2D eigenvalue weighted by Crippen LogP contribution is 2.28. The maximum Gasteiger partial charge on any atom is 0.138 e. The van der Waals surface area contributed by atoms with Crippen molar-refractivity contribution in [2.45, 2.75) is 32.7 Å². The fraction of sp³-hybridized carbons (Fsp3) is 0.600. The van der Waals surface area contributed by atoms with Gasteiger partial charge in [-0.3, -0.25) is 0 Å². The summed E-state index contributed by atoms with van der Waals surface area (Å²) < 4.78 is 5.44. The average molecular weight is 283 g/mol. The Labute approximate surface area is 120 Å². The molecule has 1 aromatic rings. The maximum absolute atomic E-state index is 6.20. The maximum atomic E-state index is 6.20. The molecule has 1 aliphatic heterocycles. The zero-order valence-corrected chi connectivity index (χ0v) is 12.5. The van der Waals surface area contributed by atoms with Gasteiger partial charge in [-0.05, 0) is 44.5 Å². The van der Waals surface area contributed by atoms with Crippen molar-refractivity contribution in [3.8, 4) is 5.75 Å². The molecule has 19 heavy (non-hydrogen) atoms. The third-order valence-corrected chi connectivity index (χ3v) is 3.93. The Kier molecular flexibility index (Phi) is 5.34. The minimum Gasteiger partial charge on any atom is -0.492 e. The molecule has 0 atom stereocenters. The molecule has 0 aromatic heterocycles. The van der Waals surface area contributed by atoms with E-state index >= 15 is 0 Å². The molecule has 106 valence electrons. The molecule has 4 heteroatoms. The molecule has 0 amide bonds. The van der Waals surface area contributed by atoms with Crippen molar-refractivity contribution >= 4 is 17.3 Å². The van der Waals surface area contributed by atoms with Gasteiger partial charge < -0.3 is 15.0 Å². The summed E-state index contributed by atoms with van der Waals surface area (Å²) in [7, 11) is 0. The van der Waals surface area contributed by atoms with Crippen LogP contribution in [0.3, 0.4) is 0 Å². The van der Waals surface area contributed by atoms with Crippen LogP contribution in [0.5, 0.6) is 5.75 Å². The fourth-order valence-corrected chi connectivity index (χ4v) is 2.73. The third kappa shape index (κ3) is 4.02. The van der Waals surface area contributed by atoms with Gasteiger partial charge >= 0.3 is 0 Å². The molecule has 0 unspecified atom stereocenters. The third-order valence-electron chi connectivity index (χ3n) is 3.64. The van der Waals surface area contributed by atoms with Gasteiger partial charge in [-0.15, -0.1) is 0 Å². The molecule has 1 heterocycles. The largest absolute Gasteiger partial charge is 0.492 e. The summed E-state index contributed by atoms with van der Waals surface area (Å²) in [5.41, 5.74) is 1.09. The summed E-state index contributed by atoms with van der Waals surface area (Å²) in [6.07, 6.45) is 2.39. The van der Waals surface area contributed by atoms with E-state index in [4.69, 9.17) is 16.3 Å². The minimum atomic E-state index is 0.553. The lowest BCUT2D eigenvalue weighted by molar-refractivity contribution is 0.229. The number of likely N-dealkylation sites (tertiary alicyclic amines) is 1. The zero-order valence-electron chi connectivity index (χ0n) is 11.8. The van der Waals surface area contributed by atoms with E-state index in [9.17, 15) is 0 Å². The van der Waals surface area contributed by atoms with Crippen molar-refractivity contribution < 1.29 is 4.74 Å². The van der Waals surface area contributed by atoms with E-state index in [0.29, 0.717) is 17.7 Å². The summed E-state index contributed by atoms with van der Waals surface area (Å²) in [5.74, 6) is 0.760. The lowest BCUT2D eigenvalue weighted by Gasteiger charge is -2.32. The molecule has 0 radical (unpaired) electrons. The van der Waals surface area contributed by atoms with Crippen LogP contribution >= 0.6 is 11.6 Å². The fourth-order valence-electron chi connectivity index (χ4n) is 2.49. The number of ether oxygens (including phenoxy) is 1. The van der Waals surface area contributed by atoms with Crippen molar-refractivity contribution in [2.75, 3.05) is 31.6 Å². The van der Waals surface area contributed by atoms with Crippen LogP contribution in [0.2, 0.25) is 5.02 Å². The van der Waals surface area contributed by atoms with E-state index < -0.39 is 0 Å². The molecule has 3 nitrogen and oxygen atoms in total. The second-order valence-electron chi connectivity index (χ2n) is 4.93. The predicted octanol–water partition coefficient (Wildman–Crippen LogP) is 3.63. The molecule has 2 rings (SSSR count). The Hall–Kier alpha value is -0.930. The van der Waals surface area contributed by atoms with Crippen molar-refractivity contribution in [2.24, 2.45) is 0 Å². The molecule has 1 aliphatic rings. The van der Waals surface area contributed by atoms with Gasteiger partial charge in [0.05, 0.1) is 11.6 Å². The van der Waals surface area contributed by atoms with Crippen LogP contribution in [-0.2, 0) is 0 Å². The normalized spacial score (nSPS) is 17.4. The number of nitrogens with one attached hydrogen (secondary N) is 1. The molecule has 0 bridgehead atoms. The second-order valence-corrected chi connectivity index (χ2v) is 5.34. The van der Waals surface area contributed by atoms with E-state index in [1.807, 2.05) is 25.1 Å². The van der Waals surface area contributed by atoms with Crippen LogP contribution in [0.1, 0.15) is 26.7 Å². The second kappa shape index (κ2) is 7.01. The Morgan fingerprint density at radius 3 is 2.63 bits per heavy atom. The Morgan fingerprint density at radius 2 is 2.05 bits per heavy atom. The van der Waals surface area contributed by atoms with E-state index in [1.165, 1.54) is 25.9 Å². The smallest absolute Gasteiger partial charge is 0.138 e. The summed E-state index contributed by atoms with van der Waals surface area (Å²) in [4.78, 5) is 2.49. The number of hydrogen-bond donors (Lipinski definition) is 1. The van der Waals surface area contributed by atoms with Crippen molar-refractivity contribution in [1.29, 1.82) is 0 Å². The zero-order chi connectivity index (χ0) is 13.7. The highest BCUT2D eigenvalue weighted by atomic mass is 35.5. The molecule has 1 aromatic carbocycles. The van der Waals surface area contributed by atoms with Gasteiger partial charge in [-0.25, -0.2) is 0 Å². The minimum absolute atomic E-state index is 0.553. The Balaban J connectivity index is 1.91. The van der Waals surface area contributed by atoms with Crippen molar-refractivity contribution in [1.82, 2.24) is 4.90 Å². The van der Waals surface area contributed by atoms with Gasteiger partial charge in [-0.1, -0.05) is 18.5 Å². The predicted molar refractivity (Wildman–Crippen MR) is 81.4 cm³/mol. The monoisotopic (exact) mass is 282 g/mol. The number of halogens is 1. The quantitative estimate of drug-likeness (QED) is 0.892. The first-order valence-corrected chi connectivity index (χ1v) is 7.52. The standard InChI is InChI=1S/C15H23ClN2O/c1-3-18-9-7-12(8-10-18)17-13-5-6-15(19-4-2)14(16)11-13/h5-6,11-12,17H,3-4,7-10H2,1-2H3. The number of nitrogens with zero attached hydrogens (tertiary/aromatic N) is 1. The lowest BCUT2D eigenvalue weighted by atomic mass is 10.0. The highest BCUT2D eigenvalue weighted by molar-refractivity contribution is 6.32. The lowest BCUT2D eigenvalue weighted by Crippen LogP contribution is -2.38. The van der Waals surface area contributed by atoms with Crippen LogP contribution in [0.25, 0.3) is 0 Å². The summed E-state index contributed by atoms with van der Waals surface area (Å²) in [6.45, 7) is 8.34. The van der Waals surface area contributed by atoms with E-state index in [0.717, 1.165) is 18.0 Å². The van der Waals surface area contributed by atoms with Gasteiger partial charge in [-0.2, -0.15) is 0 Å². The van der Waals surface area contributed by atoms with E-state index in [-0.39, 0.29) is 0 Å². The topological polar surface area (TPSA) is 24.5 Å². The molecule has 1 saturated heterocycles. The van der Waals surface area contributed by atoms with Crippen LogP contribution in [0.15, 0.2) is 18.2 Å². The number of piperidine rings is 1. The molecular formula is C15H23ClN2O. The molecule has 1 N–H and O–H groups in total. The molecule has 0 saturated carbocycles. The first-order valence-electron chi connectivity index (χ1n) is 7.14. The molecule has 1 fully saturated rings. The number of rotatable bonds is 5. The number of benzene rings is 1. The summed E-state index contributed by atoms with van der Waals surface area (Å²) in [5, 5.41) is 4.25. The van der Waals surface area contributed by atoms with Gasteiger partial charge in [0.1, 0.15) is 5.75 Å². The van der Waals surface area contributed by atoms with Crippen LogP contribution in [0.4, 0.5) is 5.69 Å². The first-order chi connectivity index (χ1) is 9.22. The Bertz CT molecular complexity index is 403. The summed E-state index contributed by atoms with van der Waals surface area (Å²) >= 11 is 6.20. The van der Waals surface area contributed by atoms with Gasteiger partial charge in [0.15, 0.2) is 0 Å². The van der Waals surface area contributed by atoms with Crippen LogP contribution in [0, 0.1) is 0 Å². The molecule has 0 spiro atoms. The first kappa shape index (κ1) is 14.5. The highest BCUT2D eigenvalue weighted by Gasteiger charge is 2.17. The molecule has 0 aliphatic carbocycles. The summed E-state index contributed by atoms with van der Waals surface area (Å²) in [6, 6.07) is 6.49. The Morgan fingerprint density at radius 1 is 1.32 bits per heavy atom.